The van der Waals surface area contributed by atoms with Gasteiger partial charge in [0.25, 0.3) is 0 Å². The molecule has 1 aromatic heterocycles. The van der Waals surface area contributed by atoms with Gasteiger partial charge < -0.3 is 10.6 Å². The summed E-state index contributed by atoms with van der Waals surface area (Å²) < 4.78 is 0. The van der Waals surface area contributed by atoms with Crippen molar-refractivity contribution in [3.63, 3.8) is 0 Å². The second kappa shape index (κ2) is 10.2. The number of aromatic nitrogens is 1. The van der Waals surface area contributed by atoms with E-state index in [9.17, 15) is 4.79 Å². The van der Waals surface area contributed by atoms with Crippen LogP contribution in [0.1, 0.15) is 11.1 Å². The predicted molar refractivity (Wildman–Crippen MR) is 93.3 cm³/mol. The molecule has 6 heteroatoms. The highest BCUT2D eigenvalue weighted by Crippen LogP contribution is 2.06. The molecule has 0 bridgehead atoms. The van der Waals surface area contributed by atoms with Crippen molar-refractivity contribution in [1.29, 1.82) is 0 Å². The van der Waals surface area contributed by atoms with Crippen LogP contribution < -0.4 is 5.73 Å². The maximum absolute atomic E-state index is 12.2. The molecule has 2 N–H and O–H groups in total. The number of likely N-dealkylation sites (N-methyl/N-ethyl adjacent to an activating group) is 1. The predicted octanol–water partition coefficient (Wildman–Crippen LogP) is 2.45. The quantitative estimate of drug-likeness (QED) is 0.908. The zero-order valence-electron chi connectivity index (χ0n) is 12.4. The standard InChI is InChI=1S/C16H19N3O.2ClH/c1-19(12-14-8-5-9-18-11-14)16(20)15(17)10-13-6-3-2-4-7-13;;/h2-9,11,15H,10,12,17H2,1H3;2*1H. The summed E-state index contributed by atoms with van der Waals surface area (Å²) in [7, 11) is 1.76. The lowest BCUT2D eigenvalue weighted by Crippen LogP contribution is -2.42. The first-order valence-electron chi connectivity index (χ1n) is 6.60. The Hall–Kier alpha value is -1.62. The highest BCUT2D eigenvalue weighted by Gasteiger charge is 2.18. The largest absolute Gasteiger partial charge is 0.340 e. The second-order valence-electron chi connectivity index (χ2n) is 4.85. The summed E-state index contributed by atoms with van der Waals surface area (Å²) in [6.07, 6.45) is 4.02. The summed E-state index contributed by atoms with van der Waals surface area (Å²) in [6.45, 7) is 0.523. The number of benzene rings is 1. The molecule has 1 atom stereocenters. The minimum absolute atomic E-state index is 0. The van der Waals surface area contributed by atoms with Crippen LogP contribution in [0.3, 0.4) is 0 Å². The summed E-state index contributed by atoms with van der Waals surface area (Å²) >= 11 is 0. The van der Waals surface area contributed by atoms with Gasteiger partial charge in [-0.25, -0.2) is 0 Å². The number of hydrogen-bond donors (Lipinski definition) is 1. The molecule has 0 saturated carbocycles. The first-order chi connectivity index (χ1) is 9.66. The van der Waals surface area contributed by atoms with Crippen LogP contribution in [0.15, 0.2) is 54.9 Å². The zero-order chi connectivity index (χ0) is 14.4. The Labute approximate surface area is 143 Å². The van der Waals surface area contributed by atoms with Crippen molar-refractivity contribution < 1.29 is 4.79 Å². The summed E-state index contributed by atoms with van der Waals surface area (Å²) in [5.41, 5.74) is 8.06. The third kappa shape index (κ3) is 6.02. The highest BCUT2D eigenvalue weighted by molar-refractivity contribution is 5.85. The summed E-state index contributed by atoms with van der Waals surface area (Å²) in [5.74, 6) is -0.0577. The van der Waals surface area contributed by atoms with Gasteiger partial charge in [-0.05, 0) is 23.6 Å². The van der Waals surface area contributed by atoms with Gasteiger partial charge in [-0.2, -0.15) is 0 Å². The monoisotopic (exact) mass is 341 g/mol. The van der Waals surface area contributed by atoms with E-state index in [-0.39, 0.29) is 30.7 Å². The van der Waals surface area contributed by atoms with Crippen LogP contribution >= 0.6 is 24.8 Å². The van der Waals surface area contributed by atoms with Gasteiger partial charge in [0.15, 0.2) is 0 Å². The van der Waals surface area contributed by atoms with Crippen molar-refractivity contribution in [1.82, 2.24) is 9.88 Å². The molecule has 2 rings (SSSR count). The normalized spacial score (nSPS) is 10.8. The van der Waals surface area contributed by atoms with Gasteiger partial charge in [-0.3, -0.25) is 9.78 Å². The molecule has 1 amide bonds. The van der Waals surface area contributed by atoms with E-state index < -0.39 is 6.04 Å². The van der Waals surface area contributed by atoms with Gasteiger partial charge in [-0.15, -0.1) is 24.8 Å². The summed E-state index contributed by atoms with van der Waals surface area (Å²) in [6, 6.07) is 13.1. The molecule has 0 aliphatic carbocycles. The highest BCUT2D eigenvalue weighted by atomic mass is 35.5. The minimum Gasteiger partial charge on any atom is -0.340 e. The van der Waals surface area contributed by atoms with Crippen molar-refractivity contribution >= 4 is 30.7 Å². The van der Waals surface area contributed by atoms with Crippen LogP contribution in [0.2, 0.25) is 0 Å². The fraction of sp³-hybridized carbons (Fsp3) is 0.250. The van der Waals surface area contributed by atoms with Gasteiger partial charge in [0.05, 0.1) is 6.04 Å². The molecule has 1 heterocycles. The molecule has 22 heavy (non-hydrogen) atoms. The van der Waals surface area contributed by atoms with E-state index in [1.807, 2.05) is 42.5 Å². The zero-order valence-corrected chi connectivity index (χ0v) is 14.0. The number of amides is 1. The van der Waals surface area contributed by atoms with Crippen LogP contribution in [0.5, 0.6) is 0 Å². The number of hydrogen-bond acceptors (Lipinski definition) is 3. The molecule has 1 aromatic carbocycles. The van der Waals surface area contributed by atoms with Gasteiger partial charge in [0.2, 0.25) is 5.91 Å². The molecule has 0 spiro atoms. The minimum atomic E-state index is -0.515. The third-order valence-corrected chi connectivity index (χ3v) is 3.13. The van der Waals surface area contributed by atoms with Crippen LogP contribution in [0.4, 0.5) is 0 Å². The molecule has 0 radical (unpaired) electrons. The second-order valence-corrected chi connectivity index (χ2v) is 4.85. The summed E-state index contributed by atoms with van der Waals surface area (Å²) in [4.78, 5) is 17.9. The Kier molecular flexibility index (Phi) is 9.42. The Balaban J connectivity index is 0.00000220. The Morgan fingerprint density at radius 1 is 1.14 bits per heavy atom. The molecule has 120 valence electrons. The lowest BCUT2D eigenvalue weighted by atomic mass is 10.1. The van der Waals surface area contributed by atoms with Crippen molar-refractivity contribution in [2.75, 3.05) is 7.05 Å². The summed E-state index contributed by atoms with van der Waals surface area (Å²) in [5, 5.41) is 0. The van der Waals surface area contributed by atoms with E-state index in [4.69, 9.17) is 5.73 Å². The fourth-order valence-electron chi connectivity index (χ4n) is 2.08. The average Bonchev–Trinajstić information content (AvgIpc) is 2.48. The van der Waals surface area contributed by atoms with E-state index in [0.717, 1.165) is 11.1 Å². The molecule has 4 nitrogen and oxygen atoms in total. The van der Waals surface area contributed by atoms with E-state index in [2.05, 4.69) is 4.98 Å². The topological polar surface area (TPSA) is 59.2 Å². The number of carbonyl (C=O) groups excluding carboxylic acids is 1. The Morgan fingerprint density at radius 3 is 2.36 bits per heavy atom. The Morgan fingerprint density at radius 2 is 1.77 bits per heavy atom. The number of nitrogens with zero attached hydrogens (tertiary/aromatic N) is 2. The number of rotatable bonds is 5. The van der Waals surface area contributed by atoms with Crippen molar-refractivity contribution in [3.8, 4) is 0 Å². The molecule has 0 aliphatic heterocycles. The Bertz CT molecular complexity index is 502. The number of pyridine rings is 1. The van der Waals surface area contributed by atoms with Gasteiger partial charge in [0.1, 0.15) is 0 Å². The third-order valence-electron chi connectivity index (χ3n) is 3.13. The van der Waals surface area contributed by atoms with Crippen LogP contribution in [0, 0.1) is 0 Å². The molecule has 1 unspecified atom stereocenters. The van der Waals surface area contributed by atoms with Crippen LogP contribution in [-0.4, -0.2) is 28.9 Å². The maximum atomic E-state index is 12.2. The van der Waals surface area contributed by atoms with Crippen molar-refractivity contribution in [2.45, 2.75) is 19.0 Å². The van der Waals surface area contributed by atoms with E-state index >= 15 is 0 Å². The molecule has 0 saturated heterocycles. The molecule has 0 fully saturated rings. The molecular weight excluding hydrogens is 321 g/mol. The first kappa shape index (κ1) is 20.4. The molecule has 0 aliphatic rings. The first-order valence-corrected chi connectivity index (χ1v) is 6.60. The SMILES string of the molecule is CN(Cc1cccnc1)C(=O)C(N)Cc1ccccc1.Cl.Cl. The maximum Gasteiger partial charge on any atom is 0.239 e. The number of nitrogens with two attached hydrogens (primary N) is 1. The van der Waals surface area contributed by atoms with Crippen LogP contribution in [-0.2, 0) is 17.8 Å². The van der Waals surface area contributed by atoms with Gasteiger partial charge >= 0.3 is 0 Å². The lowest BCUT2D eigenvalue weighted by molar-refractivity contribution is -0.131. The lowest BCUT2D eigenvalue weighted by Gasteiger charge is -2.21. The molecular formula is C16H21Cl2N3O. The van der Waals surface area contributed by atoms with Crippen molar-refractivity contribution in [2.24, 2.45) is 5.73 Å². The van der Waals surface area contributed by atoms with Gasteiger partial charge in [0, 0.05) is 26.0 Å². The van der Waals surface area contributed by atoms with Gasteiger partial charge in [-0.1, -0.05) is 36.4 Å². The van der Waals surface area contributed by atoms with E-state index in [1.165, 1.54) is 0 Å². The molecule has 2 aromatic rings. The smallest absolute Gasteiger partial charge is 0.239 e. The van der Waals surface area contributed by atoms with E-state index in [1.54, 1.807) is 24.3 Å². The average molecular weight is 342 g/mol. The fourth-order valence-corrected chi connectivity index (χ4v) is 2.08. The van der Waals surface area contributed by atoms with Crippen LogP contribution in [0.25, 0.3) is 0 Å². The van der Waals surface area contributed by atoms with E-state index in [0.29, 0.717) is 13.0 Å². The number of halogens is 2. The number of carbonyl (C=O) groups is 1. The van der Waals surface area contributed by atoms with Crippen molar-refractivity contribution in [3.05, 3.63) is 66.0 Å².